The van der Waals surface area contributed by atoms with Crippen molar-refractivity contribution in [2.45, 2.75) is 50.9 Å². The van der Waals surface area contributed by atoms with Gasteiger partial charge in [-0.25, -0.2) is 0 Å². The van der Waals surface area contributed by atoms with E-state index in [4.69, 9.17) is 0 Å². The zero-order valence-electron chi connectivity index (χ0n) is 16.2. The van der Waals surface area contributed by atoms with Crippen molar-refractivity contribution in [3.05, 3.63) is 23.5 Å². The molecule has 27 heavy (non-hydrogen) atoms. The van der Waals surface area contributed by atoms with Crippen LogP contribution < -0.4 is 5.32 Å². The molecule has 6 nitrogen and oxygen atoms in total. The van der Waals surface area contributed by atoms with Crippen LogP contribution in [0.25, 0.3) is 0 Å². The van der Waals surface area contributed by atoms with E-state index < -0.39 is 0 Å². The fourth-order valence-electron chi connectivity index (χ4n) is 4.66. The lowest BCUT2D eigenvalue weighted by Crippen LogP contribution is -2.52. The molecule has 1 aromatic heterocycles. The van der Waals surface area contributed by atoms with Gasteiger partial charge < -0.3 is 15.2 Å². The van der Waals surface area contributed by atoms with Gasteiger partial charge in [-0.2, -0.15) is 0 Å². The number of aromatic nitrogens is 1. The number of nitrogens with zero attached hydrogens (tertiary/aromatic N) is 2. The lowest BCUT2D eigenvalue weighted by atomic mass is 9.84. The fraction of sp³-hybridized carbons (Fsp3) is 0.714. The Hall–Kier alpha value is -1.82. The summed E-state index contributed by atoms with van der Waals surface area (Å²) in [4.78, 5) is 32.6. The monoisotopic (exact) mass is 372 g/mol. The van der Waals surface area contributed by atoms with Crippen molar-refractivity contribution in [1.82, 2.24) is 20.1 Å². The number of carbonyl (C=O) groups is 2. The van der Waals surface area contributed by atoms with Gasteiger partial charge in [-0.15, -0.1) is 0 Å². The first-order valence-electron chi connectivity index (χ1n) is 10.7. The highest BCUT2D eigenvalue weighted by molar-refractivity contribution is 5.95. The molecule has 2 saturated carbocycles. The molecule has 1 saturated heterocycles. The van der Waals surface area contributed by atoms with Crippen LogP contribution in [0.15, 0.2) is 12.3 Å². The van der Waals surface area contributed by atoms with E-state index in [0.29, 0.717) is 24.3 Å². The molecule has 0 aromatic carbocycles. The minimum Gasteiger partial charge on any atom is -0.364 e. The number of H-pyrrole nitrogens is 1. The molecule has 1 aromatic rings. The Morgan fingerprint density at radius 2 is 1.78 bits per heavy atom. The lowest BCUT2D eigenvalue weighted by Gasteiger charge is -2.38. The molecule has 0 radical (unpaired) electrons. The van der Waals surface area contributed by atoms with Gasteiger partial charge >= 0.3 is 0 Å². The van der Waals surface area contributed by atoms with E-state index in [1.165, 1.54) is 32.1 Å². The molecule has 4 rings (SSSR count). The van der Waals surface area contributed by atoms with E-state index in [1.807, 2.05) is 17.2 Å². The maximum absolute atomic E-state index is 12.6. The molecule has 2 heterocycles. The van der Waals surface area contributed by atoms with Gasteiger partial charge in [-0.1, -0.05) is 19.3 Å². The Bertz CT molecular complexity index is 653. The van der Waals surface area contributed by atoms with Gasteiger partial charge in [0.2, 0.25) is 5.91 Å². The zero-order chi connectivity index (χ0) is 18.6. The maximum atomic E-state index is 12.6. The minimum atomic E-state index is 0.0388. The minimum absolute atomic E-state index is 0.0388. The van der Waals surface area contributed by atoms with E-state index in [-0.39, 0.29) is 5.91 Å². The number of piperazine rings is 1. The molecule has 0 atom stereocenters. The van der Waals surface area contributed by atoms with Crippen molar-refractivity contribution in [2.75, 3.05) is 39.3 Å². The van der Waals surface area contributed by atoms with Crippen molar-refractivity contribution < 1.29 is 9.59 Å². The van der Waals surface area contributed by atoms with Crippen LogP contribution in [0.1, 0.15) is 66.9 Å². The Morgan fingerprint density at radius 1 is 1.04 bits per heavy atom. The maximum Gasteiger partial charge on any atom is 0.253 e. The summed E-state index contributed by atoms with van der Waals surface area (Å²) in [5.74, 6) is 1.21. The fourth-order valence-corrected chi connectivity index (χ4v) is 4.66. The molecular weight excluding hydrogens is 340 g/mol. The van der Waals surface area contributed by atoms with Gasteiger partial charge in [0.05, 0.1) is 5.56 Å². The van der Waals surface area contributed by atoms with E-state index >= 15 is 0 Å². The molecule has 3 aliphatic rings. The SMILES string of the molecule is O=C(NCCN1CCN(C(=O)C2CCC2)CC1)c1cc[nH]c1C1CCCC1. The van der Waals surface area contributed by atoms with E-state index in [1.54, 1.807) is 0 Å². The summed E-state index contributed by atoms with van der Waals surface area (Å²) in [7, 11) is 0. The summed E-state index contributed by atoms with van der Waals surface area (Å²) in [5, 5.41) is 3.09. The van der Waals surface area contributed by atoms with Crippen molar-refractivity contribution in [2.24, 2.45) is 5.92 Å². The molecule has 0 spiro atoms. The average Bonchev–Trinajstić information content (AvgIpc) is 3.32. The van der Waals surface area contributed by atoms with Crippen molar-refractivity contribution >= 4 is 11.8 Å². The van der Waals surface area contributed by atoms with Crippen molar-refractivity contribution in [3.8, 4) is 0 Å². The number of hydrogen-bond donors (Lipinski definition) is 2. The molecule has 2 N–H and O–H groups in total. The molecule has 6 heteroatoms. The van der Waals surface area contributed by atoms with E-state index in [9.17, 15) is 9.59 Å². The molecular formula is C21H32N4O2. The normalized spacial score (nSPS) is 22.0. The van der Waals surface area contributed by atoms with Crippen molar-refractivity contribution in [1.29, 1.82) is 0 Å². The first-order chi connectivity index (χ1) is 13.2. The Balaban J connectivity index is 1.19. The third-order valence-corrected chi connectivity index (χ3v) is 6.64. The molecule has 148 valence electrons. The van der Waals surface area contributed by atoms with Crippen LogP contribution >= 0.6 is 0 Å². The van der Waals surface area contributed by atoms with Gasteiger partial charge in [0.25, 0.3) is 5.91 Å². The summed E-state index contributed by atoms with van der Waals surface area (Å²) < 4.78 is 0. The van der Waals surface area contributed by atoms with E-state index in [0.717, 1.165) is 56.8 Å². The predicted molar refractivity (Wildman–Crippen MR) is 105 cm³/mol. The van der Waals surface area contributed by atoms with Gasteiger partial charge in [0, 0.05) is 57.1 Å². The van der Waals surface area contributed by atoms with Crippen molar-refractivity contribution in [3.63, 3.8) is 0 Å². The van der Waals surface area contributed by atoms with Crippen LogP contribution in [0.4, 0.5) is 0 Å². The number of rotatable bonds is 6. The average molecular weight is 373 g/mol. The standard InChI is InChI=1S/C21H32N4O2/c26-20(18-8-9-22-19(18)16-4-1-2-5-16)23-10-11-24-12-14-25(15-13-24)21(27)17-6-3-7-17/h8-9,16-17,22H,1-7,10-15H2,(H,23,26). The summed E-state index contributed by atoms with van der Waals surface area (Å²) >= 11 is 0. The number of hydrogen-bond acceptors (Lipinski definition) is 3. The van der Waals surface area contributed by atoms with Crippen LogP contribution in [-0.4, -0.2) is 65.9 Å². The predicted octanol–water partition coefficient (Wildman–Crippen LogP) is 2.35. The number of nitrogens with one attached hydrogen (secondary N) is 2. The number of carbonyl (C=O) groups excluding carboxylic acids is 2. The Kier molecular flexibility index (Phi) is 5.81. The van der Waals surface area contributed by atoms with Gasteiger partial charge in [0.15, 0.2) is 0 Å². The third kappa shape index (κ3) is 4.21. The highest BCUT2D eigenvalue weighted by atomic mass is 16.2. The zero-order valence-corrected chi connectivity index (χ0v) is 16.2. The second-order valence-electron chi connectivity index (χ2n) is 8.34. The van der Waals surface area contributed by atoms with Crippen LogP contribution in [0, 0.1) is 5.92 Å². The largest absolute Gasteiger partial charge is 0.364 e. The van der Waals surface area contributed by atoms with E-state index in [2.05, 4.69) is 15.2 Å². The first kappa shape index (κ1) is 18.5. The van der Waals surface area contributed by atoms with Gasteiger partial charge in [-0.3, -0.25) is 14.5 Å². The molecule has 1 aliphatic heterocycles. The number of aromatic amines is 1. The van der Waals surface area contributed by atoms with Crippen LogP contribution in [0.3, 0.4) is 0 Å². The van der Waals surface area contributed by atoms with Crippen LogP contribution in [-0.2, 0) is 4.79 Å². The summed E-state index contributed by atoms with van der Waals surface area (Å²) in [6, 6.07) is 1.91. The Labute approximate surface area is 161 Å². The summed E-state index contributed by atoms with van der Waals surface area (Å²) in [6.07, 6.45) is 10.1. The smallest absolute Gasteiger partial charge is 0.253 e. The second kappa shape index (κ2) is 8.46. The Morgan fingerprint density at radius 3 is 2.44 bits per heavy atom. The molecule has 3 fully saturated rings. The summed E-state index contributed by atoms with van der Waals surface area (Å²) in [5.41, 5.74) is 1.94. The van der Waals surface area contributed by atoms with Crippen LogP contribution in [0.5, 0.6) is 0 Å². The topological polar surface area (TPSA) is 68.4 Å². The second-order valence-corrected chi connectivity index (χ2v) is 8.34. The lowest BCUT2D eigenvalue weighted by molar-refractivity contribution is -0.139. The molecule has 0 bridgehead atoms. The quantitative estimate of drug-likeness (QED) is 0.805. The highest BCUT2D eigenvalue weighted by Crippen LogP contribution is 2.34. The third-order valence-electron chi connectivity index (χ3n) is 6.64. The first-order valence-corrected chi connectivity index (χ1v) is 10.7. The van der Waals surface area contributed by atoms with Crippen LogP contribution in [0.2, 0.25) is 0 Å². The molecule has 2 aliphatic carbocycles. The van der Waals surface area contributed by atoms with Gasteiger partial charge in [0.1, 0.15) is 0 Å². The summed E-state index contributed by atoms with van der Waals surface area (Å²) in [6.45, 7) is 4.97. The molecule has 2 amide bonds. The molecule has 0 unspecified atom stereocenters. The number of amides is 2. The highest BCUT2D eigenvalue weighted by Gasteiger charge is 2.31. The van der Waals surface area contributed by atoms with Gasteiger partial charge in [-0.05, 0) is 37.7 Å².